The van der Waals surface area contributed by atoms with Gasteiger partial charge in [-0.05, 0) is 19.3 Å². The Kier molecular flexibility index (Phi) is 5.11. The molecule has 112 valence electrons. The molecule has 2 unspecified atom stereocenters. The molecule has 0 spiro atoms. The first-order valence-electron chi connectivity index (χ1n) is 6.99. The average molecular weight is 281 g/mol. The summed E-state index contributed by atoms with van der Waals surface area (Å²) in [7, 11) is 0. The van der Waals surface area contributed by atoms with Gasteiger partial charge >= 0.3 is 0 Å². The van der Waals surface area contributed by atoms with Crippen molar-refractivity contribution in [3.05, 3.63) is 11.9 Å². The molecular weight excluding hydrogens is 258 g/mol. The van der Waals surface area contributed by atoms with Crippen LogP contribution < -0.4 is 16.2 Å². The van der Waals surface area contributed by atoms with Gasteiger partial charge in [0.25, 0.3) is 0 Å². The lowest BCUT2D eigenvalue weighted by Gasteiger charge is -2.35. The van der Waals surface area contributed by atoms with E-state index in [1.54, 1.807) is 0 Å². The van der Waals surface area contributed by atoms with E-state index in [0.29, 0.717) is 24.9 Å². The summed E-state index contributed by atoms with van der Waals surface area (Å²) in [5, 5.41) is 9.80. The van der Waals surface area contributed by atoms with Crippen LogP contribution in [0, 0.1) is 5.92 Å². The lowest BCUT2D eigenvalue weighted by Crippen LogP contribution is -2.42. The molecule has 0 amide bonds. The molecule has 2 rings (SSSR count). The molecule has 0 bridgehead atoms. The number of aliphatic hydroxyl groups is 1. The SMILES string of the molecule is CCOCc1nc(NN)cc(N2CCC(O)C(C)C2)n1. The van der Waals surface area contributed by atoms with Crippen LogP contribution in [0.25, 0.3) is 0 Å². The highest BCUT2D eigenvalue weighted by atomic mass is 16.5. The van der Waals surface area contributed by atoms with Crippen LogP contribution in [-0.2, 0) is 11.3 Å². The third kappa shape index (κ3) is 3.56. The molecule has 7 nitrogen and oxygen atoms in total. The van der Waals surface area contributed by atoms with Crippen LogP contribution in [0.15, 0.2) is 6.07 Å². The summed E-state index contributed by atoms with van der Waals surface area (Å²) < 4.78 is 5.35. The summed E-state index contributed by atoms with van der Waals surface area (Å²) in [5.74, 6) is 7.68. The van der Waals surface area contributed by atoms with Crippen LogP contribution in [0.2, 0.25) is 0 Å². The van der Waals surface area contributed by atoms with Gasteiger partial charge in [0.1, 0.15) is 18.2 Å². The molecule has 20 heavy (non-hydrogen) atoms. The number of anilines is 2. The fourth-order valence-electron chi connectivity index (χ4n) is 2.32. The van der Waals surface area contributed by atoms with Crippen LogP contribution in [0.5, 0.6) is 0 Å². The predicted molar refractivity (Wildman–Crippen MR) is 77.2 cm³/mol. The van der Waals surface area contributed by atoms with Crippen LogP contribution in [-0.4, -0.2) is 40.9 Å². The van der Waals surface area contributed by atoms with Gasteiger partial charge in [-0.2, -0.15) is 0 Å². The van der Waals surface area contributed by atoms with Gasteiger partial charge in [-0.15, -0.1) is 0 Å². The molecule has 2 heterocycles. The molecule has 1 aromatic rings. The van der Waals surface area contributed by atoms with Gasteiger partial charge < -0.3 is 20.2 Å². The first kappa shape index (κ1) is 15.0. The van der Waals surface area contributed by atoms with Crippen molar-refractivity contribution in [2.24, 2.45) is 11.8 Å². The molecule has 0 aromatic carbocycles. The van der Waals surface area contributed by atoms with E-state index in [1.807, 2.05) is 19.9 Å². The van der Waals surface area contributed by atoms with Crippen molar-refractivity contribution in [1.82, 2.24) is 9.97 Å². The number of aliphatic hydroxyl groups excluding tert-OH is 1. The highest BCUT2D eigenvalue weighted by Crippen LogP contribution is 2.23. The third-order valence-electron chi connectivity index (χ3n) is 3.53. The molecule has 0 aliphatic carbocycles. The summed E-state index contributed by atoms with van der Waals surface area (Å²) >= 11 is 0. The molecule has 7 heteroatoms. The quantitative estimate of drug-likeness (QED) is 0.534. The summed E-state index contributed by atoms with van der Waals surface area (Å²) in [6, 6.07) is 1.82. The van der Waals surface area contributed by atoms with Gasteiger partial charge in [-0.1, -0.05) is 6.92 Å². The van der Waals surface area contributed by atoms with Crippen LogP contribution in [0.4, 0.5) is 11.6 Å². The van der Waals surface area contributed by atoms with E-state index >= 15 is 0 Å². The van der Waals surface area contributed by atoms with Crippen molar-refractivity contribution in [2.45, 2.75) is 33.0 Å². The van der Waals surface area contributed by atoms with Gasteiger partial charge in [0.05, 0.1) is 6.10 Å². The van der Waals surface area contributed by atoms with Crippen molar-refractivity contribution >= 4 is 11.6 Å². The second-order valence-corrected chi connectivity index (χ2v) is 5.09. The Morgan fingerprint density at radius 2 is 2.35 bits per heavy atom. The Hall–Kier alpha value is -1.44. The minimum atomic E-state index is -0.233. The van der Waals surface area contributed by atoms with Gasteiger partial charge in [0, 0.05) is 25.8 Å². The number of nitrogens with one attached hydrogen (secondary N) is 1. The smallest absolute Gasteiger partial charge is 0.158 e. The van der Waals surface area contributed by atoms with E-state index < -0.39 is 0 Å². The normalized spacial score (nSPS) is 22.9. The number of hydrogen-bond acceptors (Lipinski definition) is 7. The summed E-state index contributed by atoms with van der Waals surface area (Å²) in [5.41, 5.74) is 2.56. The van der Waals surface area contributed by atoms with E-state index in [1.165, 1.54) is 0 Å². The highest BCUT2D eigenvalue weighted by Gasteiger charge is 2.25. The van der Waals surface area contributed by atoms with Crippen LogP contribution in [0.1, 0.15) is 26.1 Å². The molecule has 4 N–H and O–H groups in total. The van der Waals surface area contributed by atoms with Gasteiger partial charge in [0.2, 0.25) is 0 Å². The van der Waals surface area contributed by atoms with E-state index in [2.05, 4.69) is 20.3 Å². The molecule has 1 aliphatic rings. The van der Waals surface area contributed by atoms with Crippen molar-refractivity contribution in [1.29, 1.82) is 0 Å². The number of nitrogens with two attached hydrogens (primary N) is 1. The number of hydrogen-bond donors (Lipinski definition) is 3. The maximum absolute atomic E-state index is 9.80. The van der Waals surface area contributed by atoms with E-state index in [0.717, 1.165) is 25.3 Å². The summed E-state index contributed by atoms with van der Waals surface area (Å²) in [6.45, 7) is 6.51. The second kappa shape index (κ2) is 6.83. The Balaban J connectivity index is 2.17. The van der Waals surface area contributed by atoms with Crippen molar-refractivity contribution in [3.63, 3.8) is 0 Å². The molecule has 0 radical (unpaired) electrons. The van der Waals surface area contributed by atoms with E-state index in [9.17, 15) is 5.11 Å². The third-order valence-corrected chi connectivity index (χ3v) is 3.53. The lowest BCUT2D eigenvalue weighted by molar-refractivity contribution is 0.0967. The van der Waals surface area contributed by atoms with Crippen molar-refractivity contribution in [2.75, 3.05) is 30.0 Å². The minimum absolute atomic E-state index is 0.225. The number of nitrogen functional groups attached to an aromatic ring is 1. The first-order chi connectivity index (χ1) is 9.63. The molecule has 1 aromatic heterocycles. The number of hydrazine groups is 1. The monoisotopic (exact) mass is 281 g/mol. The first-order valence-corrected chi connectivity index (χ1v) is 6.99. The molecule has 1 saturated heterocycles. The predicted octanol–water partition coefficient (Wildman–Crippen LogP) is 0.506. The minimum Gasteiger partial charge on any atom is -0.393 e. The molecule has 0 saturated carbocycles. The maximum Gasteiger partial charge on any atom is 0.158 e. The fourth-order valence-corrected chi connectivity index (χ4v) is 2.32. The fraction of sp³-hybridized carbons (Fsp3) is 0.692. The van der Waals surface area contributed by atoms with Crippen LogP contribution in [0.3, 0.4) is 0 Å². The van der Waals surface area contributed by atoms with E-state index in [4.69, 9.17) is 10.6 Å². The number of piperidine rings is 1. The number of aromatic nitrogens is 2. The van der Waals surface area contributed by atoms with Crippen molar-refractivity contribution < 1.29 is 9.84 Å². The van der Waals surface area contributed by atoms with E-state index in [-0.39, 0.29) is 12.0 Å². The Bertz CT molecular complexity index is 443. The second-order valence-electron chi connectivity index (χ2n) is 5.09. The van der Waals surface area contributed by atoms with Crippen LogP contribution >= 0.6 is 0 Å². The largest absolute Gasteiger partial charge is 0.393 e. The molecule has 1 aliphatic heterocycles. The average Bonchev–Trinajstić information content (AvgIpc) is 2.47. The molecule has 1 fully saturated rings. The Morgan fingerprint density at radius 3 is 3.00 bits per heavy atom. The van der Waals surface area contributed by atoms with Gasteiger partial charge in [-0.25, -0.2) is 15.8 Å². The zero-order valence-corrected chi connectivity index (χ0v) is 12.0. The zero-order valence-electron chi connectivity index (χ0n) is 12.0. The number of nitrogens with zero attached hydrogens (tertiary/aromatic N) is 3. The highest BCUT2D eigenvalue weighted by molar-refractivity contribution is 5.49. The standard InChI is InChI=1S/C13H23N5O2/c1-3-20-8-12-15-11(17-14)6-13(16-12)18-5-4-10(19)9(2)7-18/h6,9-10,19H,3-5,7-8,14H2,1-2H3,(H,15,16,17). The Labute approximate surface area is 119 Å². The maximum atomic E-state index is 9.80. The topological polar surface area (TPSA) is 96.5 Å². The lowest BCUT2D eigenvalue weighted by atomic mass is 9.97. The summed E-state index contributed by atoms with van der Waals surface area (Å²) in [4.78, 5) is 10.9. The van der Waals surface area contributed by atoms with Gasteiger partial charge in [0.15, 0.2) is 5.82 Å². The molecule has 2 atom stereocenters. The number of ether oxygens (including phenoxy) is 1. The summed E-state index contributed by atoms with van der Waals surface area (Å²) in [6.07, 6.45) is 0.514. The number of rotatable bonds is 5. The molecular formula is C13H23N5O2. The van der Waals surface area contributed by atoms with Gasteiger partial charge in [-0.3, -0.25) is 0 Å². The Morgan fingerprint density at radius 1 is 1.55 bits per heavy atom. The van der Waals surface area contributed by atoms with Crippen molar-refractivity contribution in [3.8, 4) is 0 Å². The zero-order chi connectivity index (χ0) is 14.5.